The Morgan fingerprint density at radius 1 is 0.793 bits per heavy atom. The Morgan fingerprint density at radius 3 is 1.62 bits per heavy atom. The number of amides is 3. The Morgan fingerprint density at radius 2 is 1.17 bits per heavy atom. The summed E-state index contributed by atoms with van der Waals surface area (Å²) in [5.41, 5.74) is 0. The van der Waals surface area contributed by atoms with Crippen LogP contribution in [0.3, 0.4) is 0 Å². The summed E-state index contributed by atoms with van der Waals surface area (Å²) >= 11 is 0. The molecule has 0 aliphatic carbocycles. The third-order valence-corrected chi connectivity index (χ3v) is 5.55. The molecule has 0 atom stereocenters. The number of likely N-dealkylation sites (tertiary alicyclic amines) is 1. The van der Waals surface area contributed by atoms with Crippen molar-refractivity contribution in [1.82, 2.24) is 19.6 Å². The minimum atomic E-state index is -1.75. The smallest absolute Gasteiger partial charge is 0.375 e. The van der Waals surface area contributed by atoms with Crippen molar-refractivity contribution < 1.29 is 34.1 Å². The summed E-state index contributed by atoms with van der Waals surface area (Å²) in [6.07, 6.45) is -0.270. The second-order valence-corrected chi connectivity index (χ2v) is 7.87. The summed E-state index contributed by atoms with van der Waals surface area (Å²) < 4.78 is -1.75. The van der Waals surface area contributed by atoms with Gasteiger partial charge in [-0.25, -0.2) is 14.4 Å². The fourth-order valence-corrected chi connectivity index (χ4v) is 3.45. The van der Waals surface area contributed by atoms with Crippen molar-refractivity contribution in [2.75, 3.05) is 79.5 Å². The molecular weight excluding hydrogens is 382 g/mol. The molecule has 0 radical (unpaired) electrons. The van der Waals surface area contributed by atoms with E-state index in [-0.39, 0.29) is 25.9 Å². The van der Waals surface area contributed by atoms with Crippen LogP contribution in [0.2, 0.25) is 0 Å². The number of nitrogens with zero attached hydrogens (tertiary/aromatic N) is 5. The highest BCUT2D eigenvalue weighted by molar-refractivity contribution is 6.01. The first-order chi connectivity index (χ1) is 13.6. The number of hydrogen-bond acceptors (Lipinski definition) is 9. The maximum Gasteiger partial charge on any atom is 0.375 e. The minimum Gasteiger partial charge on any atom is -0.480 e. The van der Waals surface area contributed by atoms with E-state index in [4.69, 9.17) is 5.11 Å². The van der Waals surface area contributed by atoms with Crippen LogP contribution >= 0.6 is 0 Å². The fraction of sp³-hybridized carbons (Fsp3) is 0.778. The van der Waals surface area contributed by atoms with Gasteiger partial charge in [0.15, 0.2) is 0 Å². The number of rotatable bonds is 4. The van der Waals surface area contributed by atoms with Gasteiger partial charge in [-0.3, -0.25) is 14.6 Å². The molecule has 2 saturated heterocycles. The zero-order valence-electron chi connectivity index (χ0n) is 17.2. The van der Waals surface area contributed by atoms with E-state index >= 15 is 0 Å². The quantitative estimate of drug-likeness (QED) is 0.307. The molecule has 0 aromatic heterocycles. The van der Waals surface area contributed by atoms with E-state index in [1.54, 1.807) is 9.80 Å². The van der Waals surface area contributed by atoms with Crippen molar-refractivity contribution in [1.29, 1.82) is 0 Å². The lowest BCUT2D eigenvalue weighted by atomic mass is 10.3. The summed E-state index contributed by atoms with van der Waals surface area (Å²) in [6, 6.07) is 0. The van der Waals surface area contributed by atoms with Gasteiger partial charge in [0.1, 0.15) is 6.54 Å². The van der Waals surface area contributed by atoms with Crippen LogP contribution in [0.5, 0.6) is 0 Å². The van der Waals surface area contributed by atoms with Crippen LogP contribution in [-0.4, -0.2) is 138 Å². The second-order valence-electron chi connectivity index (χ2n) is 7.87. The van der Waals surface area contributed by atoms with E-state index in [0.717, 1.165) is 19.6 Å². The Labute approximate surface area is 170 Å². The van der Waals surface area contributed by atoms with Crippen molar-refractivity contribution >= 4 is 23.7 Å². The van der Waals surface area contributed by atoms with Crippen molar-refractivity contribution in [3.8, 4) is 0 Å². The number of carbonyl (C=O) groups excluding carboxylic acids is 3. The number of hydroxylamine groups is 3. The number of hydrogen-bond donors (Lipinski definition) is 2. The van der Waals surface area contributed by atoms with Gasteiger partial charge < -0.3 is 14.9 Å². The lowest BCUT2D eigenvalue weighted by Crippen LogP contribution is -2.58. The van der Waals surface area contributed by atoms with E-state index in [9.17, 15) is 24.4 Å². The Bertz CT molecular complexity index is 626. The van der Waals surface area contributed by atoms with Gasteiger partial charge in [-0.15, -0.1) is 0 Å². The molecule has 0 saturated carbocycles. The molecule has 2 heterocycles. The van der Waals surface area contributed by atoms with Gasteiger partial charge in [-0.1, -0.05) is 0 Å². The molecule has 0 aromatic rings. The normalized spacial score (nSPS) is 24.2. The molecular formula is C18H32N5O6+. The first kappa shape index (κ1) is 23.5. The molecule has 2 aliphatic rings. The molecule has 3 amide bonds. The average molecular weight is 414 g/mol. The van der Waals surface area contributed by atoms with Crippen LogP contribution in [0, 0.1) is 0 Å². The van der Waals surface area contributed by atoms with Crippen molar-refractivity contribution in [2.45, 2.75) is 12.8 Å². The number of quaternary nitrogens is 1. The average Bonchev–Trinajstić information content (AvgIpc) is 2.93. The summed E-state index contributed by atoms with van der Waals surface area (Å²) in [5.74, 6) is -3.35. The highest BCUT2D eigenvalue weighted by Gasteiger charge is 2.56. The van der Waals surface area contributed by atoms with Crippen LogP contribution in [-0.2, 0) is 19.2 Å². The zero-order valence-corrected chi connectivity index (χ0v) is 17.2. The predicted molar refractivity (Wildman–Crippen MR) is 102 cm³/mol. The molecule has 2 aliphatic heterocycles. The molecule has 164 valence electrons. The highest BCUT2D eigenvalue weighted by Crippen LogP contribution is 2.20. The molecule has 0 aromatic carbocycles. The monoisotopic (exact) mass is 414 g/mol. The van der Waals surface area contributed by atoms with Gasteiger partial charge in [0.05, 0.1) is 19.4 Å². The van der Waals surface area contributed by atoms with E-state index in [1.165, 1.54) is 0 Å². The van der Waals surface area contributed by atoms with Crippen molar-refractivity contribution in [3.05, 3.63) is 0 Å². The molecule has 11 heteroatoms. The Balaban J connectivity index is 2.08. The van der Waals surface area contributed by atoms with Gasteiger partial charge in [-0.2, -0.15) is 5.21 Å². The minimum absolute atomic E-state index is 0.105. The van der Waals surface area contributed by atoms with Crippen LogP contribution in [0.15, 0.2) is 0 Å². The molecule has 11 nitrogen and oxygen atoms in total. The number of carboxylic acids is 1. The number of carbonyl (C=O) groups is 4. The largest absolute Gasteiger partial charge is 0.480 e. The Kier molecular flexibility index (Phi) is 8.37. The van der Waals surface area contributed by atoms with Crippen LogP contribution in [0.1, 0.15) is 12.8 Å². The maximum atomic E-state index is 12.6. The first-order valence-electron chi connectivity index (χ1n) is 9.88. The highest BCUT2D eigenvalue weighted by atomic mass is 16.6. The zero-order chi connectivity index (χ0) is 21.6. The third-order valence-electron chi connectivity index (χ3n) is 5.55. The predicted octanol–water partition coefficient (Wildman–Crippen LogP) is -1.87. The van der Waals surface area contributed by atoms with Gasteiger partial charge in [0, 0.05) is 57.0 Å². The summed E-state index contributed by atoms with van der Waals surface area (Å²) in [7, 11) is 3.97. The van der Waals surface area contributed by atoms with Crippen LogP contribution in [0.25, 0.3) is 0 Å². The number of aliphatic carboxylic acids is 1. The first-order valence-corrected chi connectivity index (χ1v) is 9.88. The Hall–Kier alpha value is -1.76. The van der Waals surface area contributed by atoms with Crippen molar-refractivity contribution in [3.63, 3.8) is 0 Å². The number of imide groups is 3. The lowest BCUT2D eigenvalue weighted by Gasteiger charge is -2.31. The standard InChI is InChI=1S/C18H31N5O6/c1-19-5-6-20(2)8-10-22(14-18(27)28)12-11-21(9-7-19)13-17(26)23(29)15(24)3-4-16(23)25/h29H,3-14H2,1-2H3/p+1. The molecule has 0 unspecified atom stereocenters. The third kappa shape index (κ3) is 6.36. The summed E-state index contributed by atoms with van der Waals surface area (Å²) in [6.45, 7) is 4.55. The maximum absolute atomic E-state index is 12.6. The van der Waals surface area contributed by atoms with Crippen molar-refractivity contribution in [2.24, 2.45) is 0 Å². The van der Waals surface area contributed by atoms with E-state index < -0.39 is 28.3 Å². The van der Waals surface area contributed by atoms with Gasteiger partial charge in [0.25, 0.3) is 0 Å². The lowest BCUT2D eigenvalue weighted by molar-refractivity contribution is -0.905. The van der Waals surface area contributed by atoms with E-state index in [0.29, 0.717) is 32.7 Å². The van der Waals surface area contributed by atoms with Crippen LogP contribution in [0.4, 0.5) is 0 Å². The summed E-state index contributed by atoms with van der Waals surface area (Å²) in [4.78, 5) is 55.5. The molecule has 2 rings (SSSR count). The van der Waals surface area contributed by atoms with Gasteiger partial charge in [-0.05, 0) is 14.1 Å². The number of likely N-dealkylation sites (N-methyl/N-ethyl adjacent to an activating group) is 2. The SMILES string of the molecule is CN1CCN(C)CCN(CC(=O)[N+]2(O)C(=O)CCC2=O)CCN(CC(=O)O)CC1. The summed E-state index contributed by atoms with van der Waals surface area (Å²) in [5, 5.41) is 19.5. The molecule has 0 bridgehead atoms. The topological polar surface area (TPSA) is 122 Å². The molecule has 2 fully saturated rings. The van der Waals surface area contributed by atoms with E-state index in [2.05, 4.69) is 9.80 Å². The fourth-order valence-electron chi connectivity index (χ4n) is 3.45. The number of carboxylic acid groups (broad SMARTS) is 1. The van der Waals surface area contributed by atoms with E-state index in [1.807, 2.05) is 14.1 Å². The second kappa shape index (κ2) is 10.3. The van der Waals surface area contributed by atoms with Crippen LogP contribution < -0.4 is 0 Å². The van der Waals surface area contributed by atoms with Gasteiger partial charge in [0.2, 0.25) is 0 Å². The molecule has 29 heavy (non-hydrogen) atoms. The van der Waals surface area contributed by atoms with Gasteiger partial charge >= 0.3 is 23.7 Å². The molecule has 0 spiro atoms. The molecule has 2 N–H and O–H groups in total.